The van der Waals surface area contributed by atoms with E-state index >= 15 is 0 Å². The van der Waals surface area contributed by atoms with E-state index in [0.717, 1.165) is 24.6 Å². The third-order valence-corrected chi connectivity index (χ3v) is 4.63. The van der Waals surface area contributed by atoms with Crippen LogP contribution in [0.1, 0.15) is 37.8 Å². The summed E-state index contributed by atoms with van der Waals surface area (Å²) in [5.41, 5.74) is -0.840. The molecule has 2 rings (SSSR count). The lowest BCUT2D eigenvalue weighted by atomic mass is 9.89. The summed E-state index contributed by atoms with van der Waals surface area (Å²) in [5, 5.41) is 3.17. The molecule has 0 aliphatic carbocycles. The molecule has 1 aliphatic heterocycles. The van der Waals surface area contributed by atoms with Crippen LogP contribution in [0.3, 0.4) is 0 Å². The number of nitrogens with zero attached hydrogens (tertiary/aromatic N) is 1. The number of piperidine rings is 1. The number of nitrogens with one attached hydrogen (secondary N) is 1. The molecule has 2 atom stereocenters. The van der Waals surface area contributed by atoms with Gasteiger partial charge in [-0.25, -0.2) is 4.39 Å². The van der Waals surface area contributed by atoms with Crippen molar-refractivity contribution in [3.8, 4) is 0 Å². The lowest BCUT2D eigenvalue weighted by molar-refractivity contribution is -0.137. The minimum atomic E-state index is -4.48. The maximum Gasteiger partial charge on any atom is 0.416 e. The third-order valence-electron chi connectivity index (χ3n) is 4.63. The van der Waals surface area contributed by atoms with Crippen molar-refractivity contribution in [2.45, 2.75) is 45.5 Å². The molecule has 0 spiro atoms. The quantitative estimate of drug-likeness (QED) is 0.845. The standard InChI is InChI=1S/C17H22F4N2O/c1-3-12-10-23(11(2)24)7-6-16(12)22-9-13-8-14(17(19,20)21)4-5-15(13)18/h4-5,8,12,16,22H,3,6-7,9-10H2,1-2H3/t12-,16+/m1/s1. The lowest BCUT2D eigenvalue weighted by Crippen LogP contribution is -2.50. The van der Waals surface area contributed by atoms with Crippen LogP contribution in [0, 0.1) is 11.7 Å². The van der Waals surface area contributed by atoms with E-state index in [2.05, 4.69) is 5.32 Å². The van der Waals surface area contributed by atoms with Gasteiger partial charge in [0.25, 0.3) is 0 Å². The molecular weight excluding hydrogens is 324 g/mol. The average Bonchev–Trinajstić information content (AvgIpc) is 2.52. The van der Waals surface area contributed by atoms with Crippen LogP contribution in [0.15, 0.2) is 18.2 Å². The number of hydrogen-bond donors (Lipinski definition) is 1. The molecular formula is C17H22F4N2O. The highest BCUT2D eigenvalue weighted by Crippen LogP contribution is 2.30. The summed E-state index contributed by atoms with van der Waals surface area (Å²) in [5.74, 6) is -0.419. The van der Waals surface area contributed by atoms with E-state index in [9.17, 15) is 22.4 Å². The molecule has 1 N–H and O–H groups in total. The maximum atomic E-state index is 13.8. The zero-order valence-corrected chi connectivity index (χ0v) is 13.8. The molecule has 24 heavy (non-hydrogen) atoms. The van der Waals surface area contributed by atoms with E-state index < -0.39 is 17.6 Å². The smallest absolute Gasteiger partial charge is 0.343 e. The van der Waals surface area contributed by atoms with Crippen molar-refractivity contribution in [3.63, 3.8) is 0 Å². The maximum absolute atomic E-state index is 13.8. The normalized spacial score (nSPS) is 21.8. The Labute approximate surface area is 139 Å². The molecule has 1 fully saturated rings. The fourth-order valence-electron chi connectivity index (χ4n) is 3.13. The van der Waals surface area contributed by atoms with Gasteiger partial charge in [-0.05, 0) is 30.5 Å². The van der Waals surface area contributed by atoms with Crippen LogP contribution < -0.4 is 5.32 Å². The van der Waals surface area contributed by atoms with Gasteiger partial charge in [0.05, 0.1) is 5.56 Å². The highest BCUT2D eigenvalue weighted by Gasteiger charge is 2.32. The second-order valence-electron chi connectivity index (χ2n) is 6.21. The summed E-state index contributed by atoms with van der Waals surface area (Å²) >= 11 is 0. The van der Waals surface area contributed by atoms with Crippen molar-refractivity contribution < 1.29 is 22.4 Å². The first-order valence-electron chi connectivity index (χ1n) is 8.07. The SMILES string of the molecule is CC[C@@H]1CN(C(C)=O)CC[C@@H]1NCc1cc(C(F)(F)F)ccc1F. The predicted molar refractivity (Wildman–Crippen MR) is 82.7 cm³/mol. The summed E-state index contributed by atoms with van der Waals surface area (Å²) in [6, 6.07) is 2.52. The minimum absolute atomic E-state index is 0.00803. The Kier molecular flexibility index (Phi) is 5.85. The lowest BCUT2D eigenvalue weighted by Gasteiger charge is -2.38. The van der Waals surface area contributed by atoms with E-state index in [0.29, 0.717) is 19.5 Å². The van der Waals surface area contributed by atoms with Crippen LogP contribution in [0.2, 0.25) is 0 Å². The molecule has 1 aromatic carbocycles. The molecule has 7 heteroatoms. The van der Waals surface area contributed by atoms with Crippen LogP contribution in [0.25, 0.3) is 0 Å². The van der Waals surface area contributed by atoms with Crippen molar-refractivity contribution in [1.29, 1.82) is 0 Å². The Bertz CT molecular complexity index is 588. The Hall–Kier alpha value is -1.63. The number of rotatable bonds is 4. The molecule has 1 saturated heterocycles. The van der Waals surface area contributed by atoms with E-state index in [-0.39, 0.29) is 30.0 Å². The van der Waals surface area contributed by atoms with Gasteiger partial charge in [-0.2, -0.15) is 13.2 Å². The number of likely N-dealkylation sites (tertiary alicyclic amines) is 1. The van der Waals surface area contributed by atoms with Gasteiger partial charge in [-0.15, -0.1) is 0 Å². The van der Waals surface area contributed by atoms with Gasteiger partial charge < -0.3 is 10.2 Å². The van der Waals surface area contributed by atoms with Crippen LogP contribution in [0.4, 0.5) is 17.6 Å². The van der Waals surface area contributed by atoms with Gasteiger partial charge >= 0.3 is 6.18 Å². The Morgan fingerprint density at radius 2 is 2.08 bits per heavy atom. The molecule has 1 aromatic rings. The molecule has 1 aliphatic rings. The van der Waals surface area contributed by atoms with Gasteiger partial charge in [0, 0.05) is 38.2 Å². The topological polar surface area (TPSA) is 32.3 Å². The van der Waals surface area contributed by atoms with Gasteiger partial charge in [0.2, 0.25) is 5.91 Å². The molecule has 0 saturated carbocycles. The second kappa shape index (κ2) is 7.51. The highest BCUT2D eigenvalue weighted by atomic mass is 19.4. The van der Waals surface area contributed by atoms with E-state index in [1.165, 1.54) is 6.92 Å². The number of hydrogen-bond acceptors (Lipinski definition) is 2. The summed E-state index contributed by atoms with van der Waals surface area (Å²) in [7, 11) is 0. The Morgan fingerprint density at radius 3 is 2.67 bits per heavy atom. The zero-order valence-electron chi connectivity index (χ0n) is 13.8. The van der Waals surface area contributed by atoms with Crippen LogP contribution >= 0.6 is 0 Å². The summed E-state index contributed by atoms with van der Waals surface area (Å²) < 4.78 is 52.0. The predicted octanol–water partition coefficient (Wildman–Crippen LogP) is 3.58. The van der Waals surface area contributed by atoms with Crippen molar-refractivity contribution in [3.05, 3.63) is 35.1 Å². The second-order valence-corrected chi connectivity index (χ2v) is 6.21. The molecule has 0 aromatic heterocycles. The average molecular weight is 346 g/mol. The van der Waals surface area contributed by atoms with Gasteiger partial charge in [0.1, 0.15) is 5.82 Å². The first kappa shape index (κ1) is 18.7. The van der Waals surface area contributed by atoms with Gasteiger partial charge in [0.15, 0.2) is 0 Å². The molecule has 0 unspecified atom stereocenters. The van der Waals surface area contributed by atoms with Crippen molar-refractivity contribution in [1.82, 2.24) is 10.2 Å². The number of carbonyl (C=O) groups excluding carboxylic acids is 1. The molecule has 134 valence electrons. The first-order chi connectivity index (χ1) is 11.2. The summed E-state index contributed by atoms with van der Waals surface area (Å²) in [4.78, 5) is 13.2. The number of alkyl halides is 3. The number of halogens is 4. The number of benzene rings is 1. The van der Waals surface area contributed by atoms with Crippen LogP contribution in [0.5, 0.6) is 0 Å². The highest BCUT2D eigenvalue weighted by molar-refractivity contribution is 5.73. The molecule has 0 radical (unpaired) electrons. The van der Waals surface area contributed by atoms with Crippen molar-refractivity contribution in [2.24, 2.45) is 5.92 Å². The van der Waals surface area contributed by atoms with E-state index in [1.54, 1.807) is 4.90 Å². The van der Waals surface area contributed by atoms with Gasteiger partial charge in [-0.1, -0.05) is 13.3 Å². The van der Waals surface area contributed by atoms with Crippen LogP contribution in [-0.2, 0) is 17.5 Å². The summed E-state index contributed by atoms with van der Waals surface area (Å²) in [6.07, 6.45) is -2.94. The fraction of sp³-hybridized carbons (Fsp3) is 0.588. The monoisotopic (exact) mass is 346 g/mol. The molecule has 1 heterocycles. The Balaban J connectivity index is 2.04. The van der Waals surface area contributed by atoms with Crippen molar-refractivity contribution >= 4 is 5.91 Å². The van der Waals surface area contributed by atoms with Crippen LogP contribution in [-0.4, -0.2) is 29.9 Å². The van der Waals surface area contributed by atoms with Crippen molar-refractivity contribution in [2.75, 3.05) is 13.1 Å². The zero-order chi connectivity index (χ0) is 17.9. The molecule has 3 nitrogen and oxygen atoms in total. The van der Waals surface area contributed by atoms with Gasteiger partial charge in [-0.3, -0.25) is 4.79 Å². The Morgan fingerprint density at radius 1 is 1.38 bits per heavy atom. The molecule has 1 amide bonds. The largest absolute Gasteiger partial charge is 0.416 e. The molecule has 0 bridgehead atoms. The first-order valence-corrected chi connectivity index (χ1v) is 8.07. The van der Waals surface area contributed by atoms with E-state index in [1.807, 2.05) is 6.92 Å². The van der Waals surface area contributed by atoms with E-state index in [4.69, 9.17) is 0 Å². The number of amides is 1. The summed E-state index contributed by atoms with van der Waals surface area (Å²) in [6.45, 7) is 4.80. The number of carbonyl (C=O) groups is 1. The minimum Gasteiger partial charge on any atom is -0.343 e. The third kappa shape index (κ3) is 4.47. The fourth-order valence-corrected chi connectivity index (χ4v) is 3.13.